The Morgan fingerprint density at radius 1 is 1.06 bits per heavy atom. The van der Waals surface area contributed by atoms with Crippen LogP contribution in [-0.4, -0.2) is 30.7 Å². The average molecular weight is 534 g/mol. The number of carboxylic acid groups (broad SMARTS) is 1. The third-order valence-electron chi connectivity index (χ3n) is 7.06. The summed E-state index contributed by atoms with van der Waals surface area (Å²) >= 11 is 3.62. The van der Waals surface area contributed by atoms with Crippen LogP contribution in [0.3, 0.4) is 0 Å². The van der Waals surface area contributed by atoms with Gasteiger partial charge in [0.1, 0.15) is 5.82 Å². The van der Waals surface area contributed by atoms with Crippen molar-refractivity contribution in [1.82, 2.24) is 19.6 Å². The SMILES string of the molecule is CC(C)c1ccc(-c2ccc(-c3cnn4c(N)c(Br)c(C5CCC(C(=O)O)CC5)nc34)cn2)cc1. The van der Waals surface area contributed by atoms with Crippen LogP contribution in [0.2, 0.25) is 0 Å². The van der Waals surface area contributed by atoms with Crippen LogP contribution in [0, 0.1) is 5.92 Å². The summed E-state index contributed by atoms with van der Waals surface area (Å²) in [7, 11) is 0. The van der Waals surface area contributed by atoms with Crippen LogP contribution in [0.4, 0.5) is 5.82 Å². The zero-order valence-corrected chi connectivity index (χ0v) is 21.4. The van der Waals surface area contributed by atoms with Gasteiger partial charge >= 0.3 is 5.97 Å². The topological polar surface area (TPSA) is 106 Å². The second-order valence-electron chi connectivity index (χ2n) is 9.59. The lowest BCUT2D eigenvalue weighted by atomic mass is 9.80. The van der Waals surface area contributed by atoms with Crippen LogP contribution >= 0.6 is 15.9 Å². The van der Waals surface area contributed by atoms with Crippen molar-refractivity contribution < 1.29 is 9.90 Å². The molecule has 1 aliphatic carbocycles. The predicted molar refractivity (Wildman–Crippen MR) is 140 cm³/mol. The molecule has 1 aromatic carbocycles. The number of carboxylic acids is 1. The molecule has 0 atom stereocenters. The monoisotopic (exact) mass is 533 g/mol. The smallest absolute Gasteiger partial charge is 0.306 e. The number of pyridine rings is 1. The number of nitrogens with two attached hydrogens (primary N) is 1. The summed E-state index contributed by atoms with van der Waals surface area (Å²) in [6.07, 6.45) is 6.45. The van der Waals surface area contributed by atoms with Gasteiger partial charge in [-0.1, -0.05) is 44.2 Å². The van der Waals surface area contributed by atoms with Crippen molar-refractivity contribution in [1.29, 1.82) is 0 Å². The van der Waals surface area contributed by atoms with Crippen molar-refractivity contribution in [3.63, 3.8) is 0 Å². The molecular weight excluding hydrogens is 506 g/mol. The van der Waals surface area contributed by atoms with E-state index in [2.05, 4.69) is 59.1 Å². The largest absolute Gasteiger partial charge is 0.481 e. The number of aromatic nitrogens is 4. The van der Waals surface area contributed by atoms with Gasteiger partial charge in [-0.05, 0) is 59.2 Å². The summed E-state index contributed by atoms with van der Waals surface area (Å²) < 4.78 is 2.38. The van der Waals surface area contributed by atoms with Gasteiger partial charge in [-0.3, -0.25) is 9.78 Å². The molecule has 4 aromatic rings. The summed E-state index contributed by atoms with van der Waals surface area (Å²) in [5.74, 6) is 0.154. The maximum atomic E-state index is 11.4. The summed E-state index contributed by atoms with van der Waals surface area (Å²) in [5, 5.41) is 13.8. The summed E-state index contributed by atoms with van der Waals surface area (Å²) in [6.45, 7) is 4.37. The quantitative estimate of drug-likeness (QED) is 0.312. The minimum atomic E-state index is -0.713. The van der Waals surface area contributed by atoms with E-state index in [1.807, 2.05) is 18.3 Å². The Balaban J connectivity index is 1.46. The lowest BCUT2D eigenvalue weighted by Crippen LogP contribution is -2.21. The van der Waals surface area contributed by atoms with Crippen molar-refractivity contribution in [2.75, 3.05) is 5.73 Å². The number of rotatable bonds is 5. The number of anilines is 1. The molecule has 0 spiro atoms. The molecular formula is C27H28BrN5O2. The molecule has 7 nitrogen and oxygen atoms in total. The van der Waals surface area contributed by atoms with E-state index in [9.17, 15) is 9.90 Å². The van der Waals surface area contributed by atoms with E-state index in [-0.39, 0.29) is 11.8 Å². The standard InChI is InChI=1S/C27H28BrN5O2/c1-15(2)16-3-5-17(6-4-16)22-12-11-20(13-30-22)21-14-31-33-25(29)23(28)24(32-26(21)33)18-7-9-19(10-8-18)27(34)35/h3-6,11-15,18-19H,7-10,29H2,1-2H3,(H,34,35). The molecule has 1 fully saturated rings. The first kappa shape index (κ1) is 23.5. The lowest BCUT2D eigenvalue weighted by molar-refractivity contribution is -0.142. The molecule has 0 saturated heterocycles. The van der Waals surface area contributed by atoms with E-state index in [4.69, 9.17) is 15.7 Å². The molecule has 0 radical (unpaired) electrons. The molecule has 35 heavy (non-hydrogen) atoms. The van der Waals surface area contributed by atoms with E-state index >= 15 is 0 Å². The number of benzene rings is 1. The molecule has 0 bridgehead atoms. The maximum Gasteiger partial charge on any atom is 0.306 e. The van der Waals surface area contributed by atoms with Gasteiger partial charge in [-0.25, -0.2) is 4.98 Å². The number of carbonyl (C=O) groups is 1. The third kappa shape index (κ3) is 4.43. The van der Waals surface area contributed by atoms with Gasteiger partial charge in [-0.15, -0.1) is 0 Å². The number of nitrogens with zero attached hydrogens (tertiary/aromatic N) is 4. The molecule has 5 rings (SSSR count). The Kier molecular flexibility index (Phi) is 6.32. The first-order valence-corrected chi connectivity index (χ1v) is 12.7. The van der Waals surface area contributed by atoms with Crippen LogP contribution in [0.1, 0.15) is 62.6 Å². The van der Waals surface area contributed by atoms with Crippen LogP contribution in [0.5, 0.6) is 0 Å². The zero-order valence-electron chi connectivity index (χ0n) is 19.8. The first-order chi connectivity index (χ1) is 16.8. The molecule has 0 amide bonds. The van der Waals surface area contributed by atoms with Gasteiger partial charge in [0.05, 0.1) is 28.0 Å². The molecule has 1 aliphatic rings. The van der Waals surface area contributed by atoms with Crippen LogP contribution < -0.4 is 5.73 Å². The lowest BCUT2D eigenvalue weighted by Gasteiger charge is -2.26. The fraction of sp³-hybridized carbons (Fsp3) is 0.333. The highest BCUT2D eigenvalue weighted by atomic mass is 79.9. The average Bonchev–Trinajstić information content (AvgIpc) is 3.30. The number of halogens is 1. The Bertz CT molecular complexity index is 1370. The maximum absolute atomic E-state index is 11.4. The first-order valence-electron chi connectivity index (χ1n) is 12.0. The summed E-state index contributed by atoms with van der Waals surface area (Å²) in [5.41, 5.74) is 13.0. The van der Waals surface area contributed by atoms with Crippen molar-refractivity contribution in [2.24, 2.45) is 5.92 Å². The highest BCUT2D eigenvalue weighted by Crippen LogP contribution is 2.40. The van der Waals surface area contributed by atoms with Gasteiger partial charge in [0.25, 0.3) is 0 Å². The van der Waals surface area contributed by atoms with E-state index in [1.165, 1.54) is 5.56 Å². The second-order valence-corrected chi connectivity index (χ2v) is 10.4. The molecule has 180 valence electrons. The minimum absolute atomic E-state index is 0.157. The van der Waals surface area contributed by atoms with E-state index in [1.54, 1.807) is 10.7 Å². The van der Waals surface area contributed by atoms with Crippen molar-refractivity contribution in [3.05, 3.63) is 64.5 Å². The van der Waals surface area contributed by atoms with Crippen molar-refractivity contribution >= 4 is 33.4 Å². The number of hydrogen-bond donors (Lipinski definition) is 2. The van der Waals surface area contributed by atoms with Gasteiger partial charge in [-0.2, -0.15) is 9.61 Å². The van der Waals surface area contributed by atoms with Crippen LogP contribution in [-0.2, 0) is 4.79 Å². The molecule has 3 aromatic heterocycles. The highest BCUT2D eigenvalue weighted by molar-refractivity contribution is 9.10. The zero-order chi connectivity index (χ0) is 24.7. The van der Waals surface area contributed by atoms with Crippen LogP contribution in [0.15, 0.2) is 53.3 Å². The number of hydrogen-bond acceptors (Lipinski definition) is 5. The summed E-state index contributed by atoms with van der Waals surface area (Å²) in [6, 6.07) is 12.6. The minimum Gasteiger partial charge on any atom is -0.481 e. The normalized spacial score (nSPS) is 18.3. The van der Waals surface area contributed by atoms with E-state index in [0.717, 1.165) is 45.4 Å². The molecule has 3 N–H and O–H groups in total. The molecule has 0 aliphatic heterocycles. The number of fused-ring (bicyclic) bond motifs is 1. The number of aliphatic carboxylic acids is 1. The third-order valence-corrected chi connectivity index (χ3v) is 7.87. The predicted octanol–water partition coefficient (Wildman–Crippen LogP) is 6.28. The molecule has 3 heterocycles. The van der Waals surface area contributed by atoms with E-state index in [0.29, 0.717) is 30.2 Å². The fourth-order valence-corrected chi connectivity index (χ4v) is 5.44. The highest BCUT2D eigenvalue weighted by Gasteiger charge is 2.30. The van der Waals surface area contributed by atoms with Crippen LogP contribution in [0.25, 0.3) is 28.0 Å². The van der Waals surface area contributed by atoms with Gasteiger partial charge in [0.2, 0.25) is 0 Å². The van der Waals surface area contributed by atoms with Gasteiger partial charge in [0, 0.05) is 28.8 Å². The molecule has 8 heteroatoms. The van der Waals surface area contributed by atoms with Gasteiger partial charge in [0.15, 0.2) is 5.65 Å². The Labute approximate surface area is 212 Å². The van der Waals surface area contributed by atoms with Crippen molar-refractivity contribution in [3.8, 4) is 22.4 Å². The van der Waals surface area contributed by atoms with Crippen molar-refractivity contribution in [2.45, 2.75) is 51.4 Å². The van der Waals surface area contributed by atoms with Gasteiger partial charge < -0.3 is 10.8 Å². The fourth-order valence-electron chi connectivity index (χ4n) is 4.86. The molecule has 0 unspecified atom stereocenters. The Hall–Kier alpha value is -3.26. The molecule has 1 saturated carbocycles. The summed E-state index contributed by atoms with van der Waals surface area (Å²) in [4.78, 5) is 21.0. The number of nitrogen functional groups attached to an aromatic ring is 1. The second kappa shape index (κ2) is 9.41. The Morgan fingerprint density at radius 2 is 1.74 bits per heavy atom. The van der Waals surface area contributed by atoms with E-state index < -0.39 is 5.97 Å². The Morgan fingerprint density at radius 3 is 2.34 bits per heavy atom.